The van der Waals surface area contributed by atoms with Crippen molar-refractivity contribution in [3.63, 3.8) is 0 Å². The minimum atomic E-state index is 0.620. The van der Waals surface area contributed by atoms with Gasteiger partial charge >= 0.3 is 0 Å². The summed E-state index contributed by atoms with van der Waals surface area (Å²) >= 11 is 0. The summed E-state index contributed by atoms with van der Waals surface area (Å²) in [6.45, 7) is 6.41. The molecule has 4 heteroatoms. The second kappa shape index (κ2) is 9.96. The lowest BCUT2D eigenvalue weighted by Gasteiger charge is -2.37. The van der Waals surface area contributed by atoms with E-state index in [-0.39, 0.29) is 0 Å². The Bertz CT molecular complexity index is 923. The maximum Gasteiger partial charge on any atom is 0.159 e. The van der Waals surface area contributed by atoms with Crippen molar-refractivity contribution in [2.75, 3.05) is 26.7 Å². The molecule has 0 aliphatic carbocycles. The van der Waals surface area contributed by atoms with Gasteiger partial charge in [0, 0.05) is 49.2 Å². The van der Waals surface area contributed by atoms with Gasteiger partial charge in [0.05, 0.1) is 0 Å². The highest BCUT2D eigenvalue weighted by molar-refractivity contribution is 5.59. The Balaban J connectivity index is 1.32. The van der Waals surface area contributed by atoms with E-state index in [1.807, 2.05) is 18.5 Å². The van der Waals surface area contributed by atoms with Gasteiger partial charge in [0.25, 0.3) is 0 Å². The standard InChI is InChI=1S/C26H32N4/c1-21-9-6-7-13-25(21)26-27-17-23(18-28-26)19-30-15-8-12-24(20-30)29(2)16-14-22-10-4-3-5-11-22/h3-7,9-11,13,17-18,24H,8,12,14-16,19-20H2,1-2H3/t24-/m1/s1. The molecule has 2 heterocycles. The van der Waals surface area contributed by atoms with Gasteiger partial charge in [-0.3, -0.25) is 4.90 Å². The van der Waals surface area contributed by atoms with Crippen LogP contribution in [0.5, 0.6) is 0 Å². The lowest BCUT2D eigenvalue weighted by Crippen LogP contribution is -2.46. The molecule has 0 N–H and O–H groups in total. The average molecular weight is 401 g/mol. The highest BCUT2D eigenvalue weighted by atomic mass is 15.2. The molecule has 1 aromatic heterocycles. The molecule has 0 amide bonds. The number of aryl methyl sites for hydroxylation is 1. The average Bonchev–Trinajstić information content (AvgIpc) is 2.79. The lowest BCUT2D eigenvalue weighted by molar-refractivity contribution is 0.112. The summed E-state index contributed by atoms with van der Waals surface area (Å²) in [5.41, 5.74) is 4.94. The van der Waals surface area contributed by atoms with Crippen LogP contribution in [-0.2, 0) is 13.0 Å². The highest BCUT2D eigenvalue weighted by Gasteiger charge is 2.23. The monoisotopic (exact) mass is 400 g/mol. The van der Waals surface area contributed by atoms with E-state index in [1.165, 1.54) is 29.5 Å². The van der Waals surface area contributed by atoms with E-state index >= 15 is 0 Å². The van der Waals surface area contributed by atoms with Crippen molar-refractivity contribution < 1.29 is 0 Å². The van der Waals surface area contributed by atoms with Gasteiger partial charge in [-0.15, -0.1) is 0 Å². The van der Waals surface area contributed by atoms with Gasteiger partial charge in [0.15, 0.2) is 5.82 Å². The number of likely N-dealkylation sites (N-methyl/N-ethyl adjacent to an activating group) is 1. The molecule has 1 atom stereocenters. The quantitative estimate of drug-likeness (QED) is 0.581. The third-order valence-electron chi connectivity index (χ3n) is 6.20. The highest BCUT2D eigenvalue weighted by Crippen LogP contribution is 2.20. The first-order valence-corrected chi connectivity index (χ1v) is 11.0. The number of nitrogens with zero attached hydrogens (tertiary/aromatic N) is 4. The molecule has 1 fully saturated rings. The largest absolute Gasteiger partial charge is 0.302 e. The third-order valence-corrected chi connectivity index (χ3v) is 6.20. The minimum Gasteiger partial charge on any atom is -0.302 e. The second-order valence-electron chi connectivity index (χ2n) is 8.48. The van der Waals surface area contributed by atoms with Gasteiger partial charge in [-0.05, 0) is 50.9 Å². The van der Waals surface area contributed by atoms with Crippen LogP contribution < -0.4 is 0 Å². The molecule has 1 aliphatic heterocycles. The van der Waals surface area contributed by atoms with Crippen molar-refractivity contribution in [1.29, 1.82) is 0 Å². The topological polar surface area (TPSA) is 32.3 Å². The van der Waals surface area contributed by atoms with Gasteiger partial charge in [0.1, 0.15) is 0 Å². The zero-order valence-corrected chi connectivity index (χ0v) is 18.2. The Hall–Kier alpha value is -2.56. The molecule has 0 radical (unpaired) electrons. The van der Waals surface area contributed by atoms with Crippen molar-refractivity contribution in [2.24, 2.45) is 0 Å². The smallest absolute Gasteiger partial charge is 0.159 e. The van der Waals surface area contributed by atoms with Crippen LogP contribution in [0.15, 0.2) is 67.0 Å². The number of hydrogen-bond acceptors (Lipinski definition) is 4. The van der Waals surface area contributed by atoms with E-state index in [0.717, 1.165) is 44.0 Å². The molecule has 4 nitrogen and oxygen atoms in total. The minimum absolute atomic E-state index is 0.620. The molecule has 1 aliphatic rings. The fourth-order valence-corrected chi connectivity index (χ4v) is 4.32. The van der Waals surface area contributed by atoms with Crippen molar-refractivity contribution in [3.8, 4) is 11.4 Å². The summed E-state index contributed by atoms with van der Waals surface area (Å²) in [5.74, 6) is 0.814. The van der Waals surface area contributed by atoms with E-state index in [4.69, 9.17) is 0 Å². The van der Waals surface area contributed by atoms with Gasteiger partial charge in [-0.1, -0.05) is 54.6 Å². The summed E-state index contributed by atoms with van der Waals surface area (Å²) in [7, 11) is 2.28. The van der Waals surface area contributed by atoms with E-state index in [0.29, 0.717) is 6.04 Å². The van der Waals surface area contributed by atoms with Crippen molar-refractivity contribution >= 4 is 0 Å². The first-order valence-electron chi connectivity index (χ1n) is 11.0. The Morgan fingerprint density at radius 2 is 1.70 bits per heavy atom. The number of aromatic nitrogens is 2. The zero-order chi connectivity index (χ0) is 20.8. The van der Waals surface area contributed by atoms with E-state index < -0.39 is 0 Å². The fourth-order valence-electron chi connectivity index (χ4n) is 4.32. The predicted molar refractivity (Wildman–Crippen MR) is 123 cm³/mol. The van der Waals surface area contributed by atoms with Crippen LogP contribution in [0.4, 0.5) is 0 Å². The van der Waals surface area contributed by atoms with Crippen LogP contribution in [0, 0.1) is 6.92 Å². The zero-order valence-electron chi connectivity index (χ0n) is 18.2. The summed E-state index contributed by atoms with van der Waals surface area (Å²) in [5, 5.41) is 0. The van der Waals surface area contributed by atoms with E-state index in [9.17, 15) is 0 Å². The van der Waals surface area contributed by atoms with Crippen LogP contribution in [0.2, 0.25) is 0 Å². The van der Waals surface area contributed by atoms with Crippen molar-refractivity contribution in [2.45, 2.75) is 38.8 Å². The molecule has 0 unspecified atom stereocenters. The van der Waals surface area contributed by atoms with E-state index in [1.54, 1.807) is 0 Å². The number of rotatable bonds is 7. The molecular weight excluding hydrogens is 368 g/mol. The number of piperidine rings is 1. The van der Waals surface area contributed by atoms with Gasteiger partial charge < -0.3 is 4.90 Å². The first-order chi connectivity index (χ1) is 14.7. The van der Waals surface area contributed by atoms with Crippen molar-refractivity contribution in [1.82, 2.24) is 19.8 Å². The first kappa shape index (κ1) is 20.7. The number of likely N-dealkylation sites (tertiary alicyclic amines) is 1. The Morgan fingerprint density at radius 1 is 0.967 bits per heavy atom. The Morgan fingerprint density at radius 3 is 2.47 bits per heavy atom. The van der Waals surface area contributed by atoms with Crippen LogP contribution in [0.25, 0.3) is 11.4 Å². The molecule has 1 saturated heterocycles. The third kappa shape index (κ3) is 5.32. The summed E-state index contributed by atoms with van der Waals surface area (Å²) < 4.78 is 0. The molecule has 2 aromatic carbocycles. The summed E-state index contributed by atoms with van der Waals surface area (Å²) in [6.07, 6.45) is 7.64. The van der Waals surface area contributed by atoms with E-state index in [2.05, 4.69) is 82.3 Å². The van der Waals surface area contributed by atoms with Gasteiger partial charge in [-0.2, -0.15) is 0 Å². The van der Waals surface area contributed by atoms with Crippen LogP contribution in [0.1, 0.15) is 29.5 Å². The Kier molecular flexibility index (Phi) is 6.88. The molecular formula is C26H32N4. The molecule has 30 heavy (non-hydrogen) atoms. The maximum atomic E-state index is 4.64. The SMILES string of the molecule is Cc1ccccc1-c1ncc(CN2CCC[C@@H](N(C)CCc3ccccc3)C2)cn1. The molecule has 0 bridgehead atoms. The van der Waals surface area contributed by atoms with Gasteiger partial charge in [0.2, 0.25) is 0 Å². The number of benzene rings is 2. The normalized spacial score (nSPS) is 17.4. The van der Waals surface area contributed by atoms with Crippen molar-refractivity contribution in [3.05, 3.63) is 83.7 Å². The predicted octanol–water partition coefficient (Wildman–Crippen LogP) is 4.59. The van der Waals surface area contributed by atoms with Gasteiger partial charge in [-0.25, -0.2) is 9.97 Å². The molecule has 156 valence electrons. The second-order valence-corrected chi connectivity index (χ2v) is 8.48. The molecule has 0 spiro atoms. The maximum absolute atomic E-state index is 4.64. The number of hydrogen-bond donors (Lipinski definition) is 0. The summed E-state index contributed by atoms with van der Waals surface area (Å²) in [6, 6.07) is 19.7. The van der Waals surface area contributed by atoms with Crippen LogP contribution in [-0.4, -0.2) is 52.5 Å². The molecule has 4 rings (SSSR count). The van der Waals surface area contributed by atoms with Crippen LogP contribution in [0.3, 0.4) is 0 Å². The van der Waals surface area contributed by atoms with Crippen LogP contribution >= 0.6 is 0 Å². The molecule has 0 saturated carbocycles. The Labute approximate surface area is 180 Å². The molecule has 3 aromatic rings. The summed E-state index contributed by atoms with van der Waals surface area (Å²) in [4.78, 5) is 14.4. The lowest BCUT2D eigenvalue weighted by atomic mass is 10.0. The fraction of sp³-hybridized carbons (Fsp3) is 0.385.